The quantitative estimate of drug-likeness (QED) is 0.558. The third-order valence-electron chi connectivity index (χ3n) is 7.75. The minimum Gasteiger partial charge on any atom is -0.332 e. The number of hydrogen-bond acceptors (Lipinski definition) is 5. The van der Waals surface area contributed by atoms with Crippen LogP contribution in [0.2, 0.25) is 0 Å². The SMILES string of the molecule is Cl.N#CC1([C@H](c2cnn3cc([C@@H](N)C4CCC(F)(F)CC4)nc3c2)N2CC(F)(F)CNC2=O)CCC1. The van der Waals surface area contributed by atoms with Crippen LogP contribution in [0.5, 0.6) is 0 Å². The van der Waals surface area contributed by atoms with Crippen molar-refractivity contribution >= 4 is 24.1 Å². The second kappa shape index (κ2) is 9.34. The van der Waals surface area contributed by atoms with Crippen LogP contribution < -0.4 is 11.1 Å². The summed E-state index contributed by atoms with van der Waals surface area (Å²) in [7, 11) is 0. The van der Waals surface area contributed by atoms with Crippen LogP contribution in [-0.4, -0.2) is 50.5 Å². The van der Waals surface area contributed by atoms with Crippen LogP contribution in [0.3, 0.4) is 0 Å². The molecular weight excluding hydrogens is 502 g/mol. The molecule has 0 spiro atoms. The Kier molecular flexibility index (Phi) is 6.85. The van der Waals surface area contributed by atoms with Gasteiger partial charge in [-0.05, 0) is 37.7 Å². The Hall–Kier alpha value is -2.65. The van der Waals surface area contributed by atoms with Crippen LogP contribution >= 0.6 is 12.4 Å². The van der Waals surface area contributed by atoms with Gasteiger partial charge in [-0.1, -0.05) is 6.42 Å². The summed E-state index contributed by atoms with van der Waals surface area (Å²) in [5, 5.41) is 16.6. The largest absolute Gasteiger partial charge is 0.332 e. The number of nitrogens with zero attached hydrogens (tertiary/aromatic N) is 5. The number of urea groups is 1. The topological polar surface area (TPSA) is 112 Å². The van der Waals surface area contributed by atoms with Crippen molar-refractivity contribution in [3.63, 3.8) is 0 Å². The average molecular weight is 530 g/mol. The zero-order valence-corrected chi connectivity index (χ0v) is 20.3. The Morgan fingerprint density at radius 3 is 2.47 bits per heavy atom. The van der Waals surface area contributed by atoms with Gasteiger partial charge in [0.05, 0.1) is 54.7 Å². The van der Waals surface area contributed by atoms with E-state index in [0.717, 1.165) is 11.3 Å². The van der Waals surface area contributed by atoms with E-state index in [2.05, 4.69) is 21.5 Å². The van der Waals surface area contributed by atoms with Crippen molar-refractivity contribution < 1.29 is 22.4 Å². The Morgan fingerprint density at radius 2 is 1.86 bits per heavy atom. The first-order chi connectivity index (χ1) is 16.5. The molecule has 13 heteroatoms. The van der Waals surface area contributed by atoms with Crippen molar-refractivity contribution in [3.8, 4) is 6.07 Å². The molecule has 2 amide bonds. The summed E-state index contributed by atoms with van der Waals surface area (Å²) in [6.45, 7) is -1.55. The lowest BCUT2D eigenvalue weighted by atomic mass is 9.63. The lowest BCUT2D eigenvalue weighted by molar-refractivity contribution is -0.0627. The van der Waals surface area contributed by atoms with E-state index in [4.69, 9.17) is 5.73 Å². The highest BCUT2D eigenvalue weighted by Crippen LogP contribution is 2.53. The molecule has 0 unspecified atom stereocenters. The average Bonchev–Trinajstić information content (AvgIpc) is 3.21. The number of imidazole rings is 1. The van der Waals surface area contributed by atoms with E-state index < -0.39 is 48.5 Å². The molecule has 2 saturated carbocycles. The first-order valence-electron chi connectivity index (χ1n) is 11.8. The maximum absolute atomic E-state index is 14.3. The number of rotatable bonds is 5. The molecule has 2 aliphatic carbocycles. The number of fused-ring (bicyclic) bond motifs is 1. The Morgan fingerprint density at radius 1 is 1.17 bits per heavy atom. The minimum absolute atomic E-state index is 0. The van der Waals surface area contributed by atoms with Crippen LogP contribution in [-0.2, 0) is 0 Å². The van der Waals surface area contributed by atoms with Gasteiger partial charge < -0.3 is 16.0 Å². The Bertz CT molecular complexity index is 1170. The van der Waals surface area contributed by atoms with Gasteiger partial charge in [0.25, 0.3) is 5.92 Å². The van der Waals surface area contributed by atoms with Crippen LogP contribution in [0, 0.1) is 22.7 Å². The van der Waals surface area contributed by atoms with Gasteiger partial charge >= 0.3 is 6.03 Å². The number of halogens is 5. The van der Waals surface area contributed by atoms with Crippen molar-refractivity contribution in [3.05, 3.63) is 29.7 Å². The molecule has 2 atom stereocenters. The lowest BCUT2D eigenvalue weighted by Gasteiger charge is -2.49. The molecular formula is C23H28ClF4N7O. The highest BCUT2D eigenvalue weighted by molar-refractivity contribution is 5.85. The van der Waals surface area contributed by atoms with Gasteiger partial charge in [-0.15, -0.1) is 12.4 Å². The number of aromatic nitrogens is 3. The van der Waals surface area contributed by atoms with Gasteiger partial charge in [0.1, 0.15) is 0 Å². The van der Waals surface area contributed by atoms with E-state index in [1.807, 2.05) is 0 Å². The molecule has 3 heterocycles. The molecule has 1 saturated heterocycles. The zero-order chi connectivity index (χ0) is 25.0. The molecule has 5 rings (SSSR count). The molecule has 0 bridgehead atoms. The normalized spacial score (nSPS) is 24.7. The highest BCUT2D eigenvalue weighted by Gasteiger charge is 2.53. The zero-order valence-electron chi connectivity index (χ0n) is 19.5. The van der Waals surface area contributed by atoms with E-state index in [-0.39, 0.29) is 31.2 Å². The smallest absolute Gasteiger partial charge is 0.318 e. The van der Waals surface area contributed by atoms with Crippen molar-refractivity contribution in [2.75, 3.05) is 13.1 Å². The van der Waals surface area contributed by atoms with Crippen LogP contribution in [0.4, 0.5) is 22.4 Å². The summed E-state index contributed by atoms with van der Waals surface area (Å²) in [4.78, 5) is 18.2. The maximum Gasteiger partial charge on any atom is 0.318 e. The van der Waals surface area contributed by atoms with Gasteiger partial charge in [-0.3, -0.25) is 0 Å². The minimum atomic E-state index is -3.13. The summed E-state index contributed by atoms with van der Waals surface area (Å²) in [5.74, 6) is -5.92. The number of hydrogen-bond donors (Lipinski definition) is 2. The number of carbonyl (C=O) groups excluding carboxylic acids is 1. The second-order valence-electron chi connectivity index (χ2n) is 10.1. The predicted molar refractivity (Wildman–Crippen MR) is 124 cm³/mol. The van der Waals surface area contributed by atoms with Crippen molar-refractivity contribution in [2.24, 2.45) is 17.1 Å². The van der Waals surface area contributed by atoms with E-state index in [1.54, 1.807) is 12.3 Å². The van der Waals surface area contributed by atoms with Gasteiger partial charge in [-0.25, -0.2) is 31.9 Å². The maximum atomic E-state index is 14.3. The summed E-state index contributed by atoms with van der Waals surface area (Å²) in [6, 6.07) is 1.80. The number of nitrogens with two attached hydrogens (primary N) is 1. The van der Waals surface area contributed by atoms with Gasteiger partial charge in [0.15, 0.2) is 5.65 Å². The highest BCUT2D eigenvalue weighted by atomic mass is 35.5. The van der Waals surface area contributed by atoms with E-state index >= 15 is 0 Å². The second-order valence-corrected chi connectivity index (χ2v) is 10.1. The Balaban J connectivity index is 0.00000304. The van der Waals surface area contributed by atoms with Gasteiger partial charge in [0.2, 0.25) is 5.92 Å². The predicted octanol–water partition coefficient (Wildman–Crippen LogP) is 4.37. The third-order valence-corrected chi connectivity index (χ3v) is 7.75. The van der Waals surface area contributed by atoms with Crippen molar-refractivity contribution in [2.45, 2.75) is 68.9 Å². The molecule has 36 heavy (non-hydrogen) atoms. The lowest BCUT2D eigenvalue weighted by Crippen LogP contribution is -2.60. The van der Waals surface area contributed by atoms with Gasteiger partial charge in [-0.2, -0.15) is 10.4 Å². The summed E-state index contributed by atoms with van der Waals surface area (Å²) in [5.41, 5.74) is 6.70. The van der Waals surface area contributed by atoms with E-state index in [1.165, 1.54) is 10.7 Å². The third kappa shape index (κ3) is 4.70. The molecule has 2 aromatic rings. The molecule has 3 N–H and O–H groups in total. The fraction of sp³-hybridized carbons (Fsp3) is 0.652. The summed E-state index contributed by atoms with van der Waals surface area (Å²) < 4.78 is 57.1. The monoisotopic (exact) mass is 529 g/mol. The molecule has 3 aliphatic rings. The fourth-order valence-corrected chi connectivity index (χ4v) is 5.58. The number of amides is 2. The molecule has 0 aromatic carbocycles. The molecule has 1 aliphatic heterocycles. The van der Waals surface area contributed by atoms with E-state index in [0.29, 0.717) is 42.6 Å². The van der Waals surface area contributed by atoms with Crippen LogP contribution in [0.15, 0.2) is 18.5 Å². The summed E-state index contributed by atoms with van der Waals surface area (Å²) >= 11 is 0. The molecule has 3 fully saturated rings. The first-order valence-corrected chi connectivity index (χ1v) is 11.8. The standard InChI is InChI=1S/C23H27F4N7O.ClH/c24-22(25)6-2-14(3-7-22)18(29)16-10-34-17(32-16)8-15(9-31-34)19(21(11-28)4-1-5-21)33-13-23(26,27)12-30-20(33)35;/h8-10,14,18-19H,1-7,12-13,29H2,(H,30,35);1H/t18-,19-;/m0./s1. The molecule has 0 radical (unpaired) electrons. The fourth-order valence-electron chi connectivity index (χ4n) is 5.58. The summed E-state index contributed by atoms with van der Waals surface area (Å²) in [6.07, 6.45) is 5.00. The first kappa shape index (κ1) is 26.4. The number of nitrogens with one attached hydrogen (secondary N) is 1. The van der Waals surface area contributed by atoms with Crippen molar-refractivity contribution in [1.29, 1.82) is 5.26 Å². The van der Waals surface area contributed by atoms with E-state index in [9.17, 15) is 27.6 Å². The van der Waals surface area contributed by atoms with Crippen LogP contribution in [0.25, 0.3) is 5.65 Å². The van der Waals surface area contributed by atoms with Crippen molar-refractivity contribution in [1.82, 2.24) is 24.8 Å². The number of nitriles is 1. The van der Waals surface area contributed by atoms with Crippen LogP contribution in [0.1, 0.15) is 68.3 Å². The Labute approximate surface area is 211 Å². The number of carbonyl (C=O) groups is 1. The number of alkyl halides is 4. The molecule has 2 aromatic heterocycles. The molecule has 8 nitrogen and oxygen atoms in total. The van der Waals surface area contributed by atoms with Gasteiger partial charge in [0, 0.05) is 18.4 Å². The molecule has 196 valence electrons.